The molecule has 2 aromatic rings. The molecule has 1 aliphatic heterocycles. The molecular formula is C13H17N7O3. The minimum atomic E-state index is -0.599. The smallest absolute Gasteiger partial charge is 0.280 e. The summed E-state index contributed by atoms with van der Waals surface area (Å²) in [7, 11) is 1.70. The minimum Gasteiger partial charge on any atom is -0.330 e. The van der Waals surface area contributed by atoms with Crippen molar-refractivity contribution < 1.29 is 9.59 Å². The molecule has 1 saturated heterocycles. The maximum atomic E-state index is 12.4. The summed E-state index contributed by atoms with van der Waals surface area (Å²) in [6.07, 6.45) is 2.75. The molecule has 23 heavy (non-hydrogen) atoms. The standard InChI is InChI=1S/C13H17N7O3/c1-19-6-15-9-10(19)16-13(18-12(9)23)17-11(22)7-3-2-4-20(7)8(21)5-14/h6-7H,2-5,14H2,1H3,(H2,16,17,18,22,23). The Bertz CT molecular complexity index is 825. The first-order valence-corrected chi connectivity index (χ1v) is 7.23. The number of anilines is 1. The minimum absolute atomic E-state index is 0.0307. The van der Waals surface area contributed by atoms with E-state index in [2.05, 4.69) is 20.3 Å². The number of hydrogen-bond acceptors (Lipinski definition) is 6. The molecule has 1 unspecified atom stereocenters. The van der Waals surface area contributed by atoms with Gasteiger partial charge in [0.2, 0.25) is 17.8 Å². The van der Waals surface area contributed by atoms with Crippen molar-refractivity contribution in [1.82, 2.24) is 24.4 Å². The summed E-state index contributed by atoms with van der Waals surface area (Å²) in [5.41, 5.74) is 5.49. The molecule has 10 nitrogen and oxygen atoms in total. The number of likely N-dealkylation sites (tertiary alicyclic amines) is 1. The van der Waals surface area contributed by atoms with Gasteiger partial charge in [0.05, 0.1) is 12.9 Å². The maximum Gasteiger partial charge on any atom is 0.280 e. The SMILES string of the molecule is Cn1cnc2c(=O)[nH]c(NC(=O)C3CCCN3C(=O)CN)nc21. The lowest BCUT2D eigenvalue weighted by Gasteiger charge is -2.23. The fourth-order valence-electron chi connectivity index (χ4n) is 2.73. The van der Waals surface area contributed by atoms with E-state index in [1.807, 2.05) is 0 Å². The summed E-state index contributed by atoms with van der Waals surface area (Å²) >= 11 is 0. The number of aromatic nitrogens is 4. The van der Waals surface area contributed by atoms with Crippen LogP contribution in [-0.4, -0.2) is 55.4 Å². The number of aryl methyl sites for hydroxylation is 1. The molecule has 2 amide bonds. The highest BCUT2D eigenvalue weighted by atomic mass is 16.2. The first-order chi connectivity index (χ1) is 11.0. The largest absolute Gasteiger partial charge is 0.330 e. The highest BCUT2D eigenvalue weighted by molar-refractivity contribution is 5.97. The average molecular weight is 319 g/mol. The van der Waals surface area contributed by atoms with Crippen LogP contribution < -0.4 is 16.6 Å². The second-order valence-electron chi connectivity index (χ2n) is 5.38. The Morgan fingerprint density at radius 1 is 1.52 bits per heavy atom. The number of hydrogen-bond donors (Lipinski definition) is 3. The van der Waals surface area contributed by atoms with Gasteiger partial charge in [0, 0.05) is 13.6 Å². The Labute approximate surface area is 130 Å². The van der Waals surface area contributed by atoms with Crippen molar-refractivity contribution in [2.45, 2.75) is 18.9 Å². The number of aromatic amines is 1. The summed E-state index contributed by atoms with van der Waals surface area (Å²) in [5, 5.41) is 2.56. The van der Waals surface area contributed by atoms with Crippen LogP contribution in [0.5, 0.6) is 0 Å². The van der Waals surface area contributed by atoms with Gasteiger partial charge in [0.1, 0.15) is 6.04 Å². The molecule has 3 rings (SSSR count). The molecule has 1 fully saturated rings. The number of nitrogens with one attached hydrogen (secondary N) is 2. The zero-order chi connectivity index (χ0) is 16.6. The van der Waals surface area contributed by atoms with Crippen molar-refractivity contribution in [3.05, 3.63) is 16.7 Å². The second kappa shape index (κ2) is 5.80. The van der Waals surface area contributed by atoms with Crippen molar-refractivity contribution in [3.63, 3.8) is 0 Å². The molecule has 0 aromatic carbocycles. The van der Waals surface area contributed by atoms with Gasteiger partial charge in [0.15, 0.2) is 11.2 Å². The number of nitrogens with two attached hydrogens (primary N) is 1. The number of carbonyl (C=O) groups is 2. The van der Waals surface area contributed by atoms with Gasteiger partial charge < -0.3 is 15.2 Å². The van der Waals surface area contributed by atoms with Crippen LogP contribution in [0.3, 0.4) is 0 Å². The fourth-order valence-corrected chi connectivity index (χ4v) is 2.73. The number of imidazole rings is 1. The predicted molar refractivity (Wildman–Crippen MR) is 81.5 cm³/mol. The molecule has 0 spiro atoms. The van der Waals surface area contributed by atoms with Gasteiger partial charge in [-0.15, -0.1) is 0 Å². The first kappa shape index (κ1) is 15.2. The molecule has 1 atom stereocenters. The van der Waals surface area contributed by atoms with Gasteiger partial charge in [-0.2, -0.15) is 4.98 Å². The van der Waals surface area contributed by atoms with Gasteiger partial charge in [0.25, 0.3) is 5.56 Å². The number of amides is 2. The average Bonchev–Trinajstić information content (AvgIpc) is 3.14. The van der Waals surface area contributed by atoms with Crippen molar-refractivity contribution in [1.29, 1.82) is 0 Å². The zero-order valence-electron chi connectivity index (χ0n) is 12.6. The van der Waals surface area contributed by atoms with Crippen molar-refractivity contribution in [2.24, 2.45) is 12.8 Å². The van der Waals surface area contributed by atoms with Crippen LogP contribution in [-0.2, 0) is 16.6 Å². The summed E-state index contributed by atoms with van der Waals surface area (Å²) in [4.78, 5) is 48.1. The van der Waals surface area contributed by atoms with Crippen LogP contribution in [0.1, 0.15) is 12.8 Å². The number of fused-ring (bicyclic) bond motifs is 1. The van der Waals surface area contributed by atoms with E-state index in [0.29, 0.717) is 18.6 Å². The van der Waals surface area contributed by atoms with E-state index in [0.717, 1.165) is 6.42 Å². The normalized spacial score (nSPS) is 17.7. The molecular weight excluding hydrogens is 302 g/mol. The highest BCUT2D eigenvalue weighted by Crippen LogP contribution is 2.18. The monoisotopic (exact) mass is 319 g/mol. The number of carbonyl (C=O) groups excluding carboxylic acids is 2. The molecule has 1 aliphatic rings. The molecule has 4 N–H and O–H groups in total. The fraction of sp³-hybridized carbons (Fsp3) is 0.462. The number of nitrogens with zero attached hydrogens (tertiary/aromatic N) is 4. The molecule has 3 heterocycles. The zero-order valence-corrected chi connectivity index (χ0v) is 12.6. The second-order valence-corrected chi connectivity index (χ2v) is 5.38. The van der Waals surface area contributed by atoms with E-state index in [9.17, 15) is 14.4 Å². The van der Waals surface area contributed by atoms with E-state index >= 15 is 0 Å². The van der Waals surface area contributed by atoms with Gasteiger partial charge in [-0.25, -0.2) is 4.98 Å². The molecule has 0 aliphatic carbocycles. The van der Waals surface area contributed by atoms with Crippen LogP contribution in [0.15, 0.2) is 11.1 Å². The quantitative estimate of drug-likeness (QED) is 0.632. The molecule has 10 heteroatoms. The molecule has 0 bridgehead atoms. The van der Waals surface area contributed by atoms with Gasteiger partial charge >= 0.3 is 0 Å². The van der Waals surface area contributed by atoms with Gasteiger partial charge in [-0.1, -0.05) is 0 Å². The Kier molecular flexibility index (Phi) is 3.82. The lowest BCUT2D eigenvalue weighted by molar-refractivity contribution is -0.135. The van der Waals surface area contributed by atoms with Crippen molar-refractivity contribution in [3.8, 4) is 0 Å². The third kappa shape index (κ3) is 2.68. The van der Waals surface area contributed by atoms with Gasteiger partial charge in [-0.3, -0.25) is 24.7 Å². The van der Waals surface area contributed by atoms with Gasteiger partial charge in [-0.05, 0) is 12.8 Å². The lowest BCUT2D eigenvalue weighted by atomic mass is 10.2. The number of H-pyrrole nitrogens is 1. The highest BCUT2D eigenvalue weighted by Gasteiger charge is 2.33. The summed E-state index contributed by atoms with van der Waals surface area (Å²) in [6, 6.07) is -0.599. The Morgan fingerprint density at radius 2 is 2.30 bits per heavy atom. The Morgan fingerprint density at radius 3 is 3.04 bits per heavy atom. The van der Waals surface area contributed by atoms with E-state index in [1.165, 1.54) is 11.2 Å². The van der Waals surface area contributed by atoms with E-state index in [1.54, 1.807) is 11.6 Å². The predicted octanol–water partition coefficient (Wildman–Crippen LogP) is -1.46. The van der Waals surface area contributed by atoms with Crippen LogP contribution in [0.4, 0.5) is 5.95 Å². The summed E-state index contributed by atoms with van der Waals surface area (Å²) < 4.78 is 1.58. The molecule has 0 radical (unpaired) electrons. The number of rotatable bonds is 3. The van der Waals surface area contributed by atoms with E-state index < -0.39 is 17.5 Å². The lowest BCUT2D eigenvalue weighted by Crippen LogP contribution is -2.45. The van der Waals surface area contributed by atoms with Crippen molar-refractivity contribution in [2.75, 3.05) is 18.4 Å². The van der Waals surface area contributed by atoms with Crippen LogP contribution in [0, 0.1) is 0 Å². The third-order valence-corrected chi connectivity index (χ3v) is 3.86. The third-order valence-electron chi connectivity index (χ3n) is 3.86. The van der Waals surface area contributed by atoms with Crippen molar-refractivity contribution >= 4 is 28.9 Å². The van der Waals surface area contributed by atoms with Crippen LogP contribution in [0.2, 0.25) is 0 Å². The summed E-state index contributed by atoms with van der Waals surface area (Å²) in [6.45, 7) is 0.360. The topological polar surface area (TPSA) is 139 Å². The van der Waals surface area contributed by atoms with E-state index in [4.69, 9.17) is 5.73 Å². The molecule has 0 saturated carbocycles. The Hall–Kier alpha value is -2.75. The molecule has 122 valence electrons. The summed E-state index contributed by atoms with van der Waals surface area (Å²) in [5.74, 6) is -0.636. The Balaban J connectivity index is 1.84. The van der Waals surface area contributed by atoms with Crippen LogP contribution in [0.25, 0.3) is 11.2 Å². The molecule has 2 aromatic heterocycles. The maximum absolute atomic E-state index is 12.4. The van der Waals surface area contributed by atoms with Crippen LogP contribution >= 0.6 is 0 Å². The first-order valence-electron chi connectivity index (χ1n) is 7.23. The van der Waals surface area contributed by atoms with E-state index in [-0.39, 0.29) is 23.9 Å².